The minimum Gasteiger partial charge on any atom is -0.238 e. The zero-order valence-corrected chi connectivity index (χ0v) is 27.6. The molecule has 4 heteroatoms. The van der Waals surface area contributed by atoms with E-state index in [0.717, 1.165) is 38.9 Å². The summed E-state index contributed by atoms with van der Waals surface area (Å²) in [6.45, 7) is 7.89. The van der Waals surface area contributed by atoms with Gasteiger partial charge in [0.05, 0.1) is 12.0 Å². The van der Waals surface area contributed by atoms with Crippen molar-refractivity contribution in [1.82, 2.24) is 15.0 Å². The monoisotopic (exact) mass is 650 g/mol. The third kappa shape index (κ3) is 5.03. The number of hydrogen-bond acceptors (Lipinski definition) is 3. The van der Waals surface area contributed by atoms with Gasteiger partial charge in [-0.05, 0) is 50.6 Å². The molecule has 0 saturated heterocycles. The first-order chi connectivity index (χ1) is 25.2. The summed E-state index contributed by atoms with van der Waals surface area (Å²) in [6.07, 6.45) is 0. The highest BCUT2D eigenvalue weighted by Crippen LogP contribution is 2.58. The van der Waals surface area contributed by atoms with Crippen LogP contribution in [0, 0.1) is 6.57 Å². The normalized spacial score (nSPS) is 12.5. The Hall–Kier alpha value is -6.96. The van der Waals surface area contributed by atoms with Crippen molar-refractivity contribution in [2.45, 2.75) is 5.41 Å². The van der Waals surface area contributed by atoms with Crippen LogP contribution >= 0.6 is 0 Å². The van der Waals surface area contributed by atoms with Crippen molar-refractivity contribution in [3.8, 4) is 56.4 Å². The standard InChI is InChI=1S/C47H30N4/c1-48-38-29-30-41-40(31-38)43-39(23-14-24-42(43)47(41,36-19-10-4-11-20-36)37-21-12-5-13-22-37)32-25-27-35(28-26-32)46-50-44(33-15-6-2-7-16-33)49-45(51-46)34-17-8-3-9-18-34/h2-31H. The van der Waals surface area contributed by atoms with E-state index in [1.165, 1.54) is 22.3 Å². The molecule has 1 aliphatic carbocycles. The average Bonchev–Trinajstić information content (AvgIpc) is 3.52. The van der Waals surface area contributed by atoms with Gasteiger partial charge < -0.3 is 0 Å². The number of benzene rings is 7. The molecule has 0 atom stereocenters. The van der Waals surface area contributed by atoms with Gasteiger partial charge in [-0.15, -0.1) is 0 Å². The molecule has 0 bridgehead atoms. The topological polar surface area (TPSA) is 43.0 Å². The van der Waals surface area contributed by atoms with Crippen molar-refractivity contribution in [1.29, 1.82) is 0 Å². The van der Waals surface area contributed by atoms with Crippen molar-refractivity contribution in [3.63, 3.8) is 0 Å². The summed E-state index contributed by atoms with van der Waals surface area (Å²) in [6, 6.07) is 62.8. The van der Waals surface area contributed by atoms with Gasteiger partial charge in [-0.2, -0.15) is 0 Å². The quantitative estimate of drug-likeness (QED) is 0.168. The lowest BCUT2D eigenvalue weighted by molar-refractivity contribution is 0.769. The number of aromatic nitrogens is 3. The summed E-state index contributed by atoms with van der Waals surface area (Å²) in [5.41, 5.74) is 12.1. The molecule has 51 heavy (non-hydrogen) atoms. The van der Waals surface area contributed by atoms with Crippen LogP contribution in [-0.4, -0.2) is 15.0 Å². The predicted octanol–water partition coefficient (Wildman–Crippen LogP) is 11.5. The van der Waals surface area contributed by atoms with Crippen LogP contribution in [-0.2, 0) is 5.41 Å². The van der Waals surface area contributed by atoms with Crippen LogP contribution in [0.2, 0.25) is 0 Å². The molecule has 1 aromatic heterocycles. The Kier molecular flexibility index (Phi) is 7.38. The van der Waals surface area contributed by atoms with E-state index < -0.39 is 5.41 Å². The Morgan fingerprint density at radius 1 is 0.392 bits per heavy atom. The van der Waals surface area contributed by atoms with Gasteiger partial charge in [0.2, 0.25) is 0 Å². The minimum atomic E-state index is -0.545. The van der Waals surface area contributed by atoms with E-state index >= 15 is 0 Å². The maximum absolute atomic E-state index is 7.89. The fourth-order valence-electron chi connectivity index (χ4n) is 7.58. The third-order valence-corrected chi connectivity index (χ3v) is 9.84. The van der Waals surface area contributed by atoms with Gasteiger partial charge in [0.25, 0.3) is 0 Å². The van der Waals surface area contributed by atoms with E-state index in [9.17, 15) is 0 Å². The molecule has 9 rings (SSSR count). The van der Waals surface area contributed by atoms with Crippen molar-refractivity contribution in [2.75, 3.05) is 0 Å². The van der Waals surface area contributed by atoms with Crippen LogP contribution < -0.4 is 0 Å². The Labute approximate surface area is 297 Å². The largest absolute Gasteiger partial charge is 0.238 e. The molecule has 0 radical (unpaired) electrons. The molecule has 0 aliphatic heterocycles. The molecular weight excluding hydrogens is 621 g/mol. The summed E-state index contributed by atoms with van der Waals surface area (Å²) >= 11 is 0. The molecule has 0 unspecified atom stereocenters. The van der Waals surface area contributed by atoms with E-state index in [0.29, 0.717) is 23.2 Å². The van der Waals surface area contributed by atoms with Crippen LogP contribution in [0.5, 0.6) is 0 Å². The van der Waals surface area contributed by atoms with Crippen molar-refractivity contribution in [2.24, 2.45) is 0 Å². The molecule has 7 aromatic carbocycles. The summed E-state index contributed by atoms with van der Waals surface area (Å²) in [5, 5.41) is 0. The number of nitrogens with zero attached hydrogens (tertiary/aromatic N) is 4. The first kappa shape index (κ1) is 30.1. The van der Waals surface area contributed by atoms with Gasteiger partial charge in [0, 0.05) is 16.7 Å². The average molecular weight is 651 g/mol. The van der Waals surface area contributed by atoms with Crippen molar-refractivity contribution in [3.05, 3.63) is 216 Å². The van der Waals surface area contributed by atoms with E-state index in [-0.39, 0.29) is 0 Å². The molecule has 0 saturated carbocycles. The molecule has 0 spiro atoms. The Balaban J connectivity index is 1.22. The van der Waals surface area contributed by atoms with Crippen LogP contribution in [0.3, 0.4) is 0 Å². The second-order valence-corrected chi connectivity index (χ2v) is 12.7. The van der Waals surface area contributed by atoms with Gasteiger partial charge in [-0.3, -0.25) is 0 Å². The summed E-state index contributed by atoms with van der Waals surface area (Å²) < 4.78 is 0. The number of rotatable bonds is 6. The van der Waals surface area contributed by atoms with E-state index in [4.69, 9.17) is 21.5 Å². The number of fused-ring (bicyclic) bond motifs is 3. The molecule has 1 aliphatic rings. The molecule has 4 nitrogen and oxygen atoms in total. The zero-order chi connectivity index (χ0) is 34.2. The Morgan fingerprint density at radius 3 is 1.37 bits per heavy atom. The molecular formula is C47H30N4. The highest BCUT2D eigenvalue weighted by molar-refractivity contribution is 5.96. The maximum Gasteiger partial charge on any atom is 0.187 e. The highest BCUT2D eigenvalue weighted by atomic mass is 15.0. The van der Waals surface area contributed by atoms with Crippen molar-refractivity contribution < 1.29 is 0 Å². The van der Waals surface area contributed by atoms with Crippen LogP contribution in [0.25, 0.3) is 61.3 Å². The fourth-order valence-corrected chi connectivity index (χ4v) is 7.58. The second kappa shape index (κ2) is 12.5. The Bertz CT molecular complexity index is 2460. The van der Waals surface area contributed by atoms with E-state index in [1.807, 2.05) is 66.7 Å². The lowest BCUT2D eigenvalue weighted by Gasteiger charge is -2.34. The van der Waals surface area contributed by atoms with Gasteiger partial charge in [-0.1, -0.05) is 176 Å². The second-order valence-electron chi connectivity index (χ2n) is 12.7. The van der Waals surface area contributed by atoms with Gasteiger partial charge >= 0.3 is 0 Å². The maximum atomic E-state index is 7.89. The van der Waals surface area contributed by atoms with Crippen LogP contribution in [0.4, 0.5) is 5.69 Å². The molecule has 238 valence electrons. The molecule has 0 fully saturated rings. The van der Waals surface area contributed by atoms with E-state index in [2.05, 4.69) is 120 Å². The highest BCUT2D eigenvalue weighted by Gasteiger charge is 2.46. The third-order valence-electron chi connectivity index (χ3n) is 9.84. The van der Waals surface area contributed by atoms with Gasteiger partial charge in [-0.25, -0.2) is 19.8 Å². The Morgan fingerprint density at radius 2 is 0.863 bits per heavy atom. The molecule has 8 aromatic rings. The lowest BCUT2D eigenvalue weighted by atomic mass is 9.67. The molecule has 1 heterocycles. The smallest absolute Gasteiger partial charge is 0.187 e. The first-order valence-corrected chi connectivity index (χ1v) is 17.0. The van der Waals surface area contributed by atoms with Crippen LogP contribution in [0.15, 0.2) is 182 Å². The molecule has 0 N–H and O–H groups in total. The first-order valence-electron chi connectivity index (χ1n) is 17.0. The van der Waals surface area contributed by atoms with Gasteiger partial charge in [0.15, 0.2) is 23.2 Å². The summed E-state index contributed by atoms with van der Waals surface area (Å²) in [5.74, 6) is 1.89. The predicted molar refractivity (Wildman–Crippen MR) is 205 cm³/mol. The lowest BCUT2D eigenvalue weighted by Crippen LogP contribution is -2.28. The SMILES string of the molecule is [C-]#[N+]c1ccc2c(c1)-c1c(-c3ccc(-c4nc(-c5ccccc5)nc(-c5ccccc5)n4)cc3)cccc1C2(c1ccccc1)c1ccccc1. The number of hydrogen-bond donors (Lipinski definition) is 0. The summed E-state index contributed by atoms with van der Waals surface area (Å²) in [7, 11) is 0. The van der Waals surface area contributed by atoms with Crippen molar-refractivity contribution >= 4 is 5.69 Å². The summed E-state index contributed by atoms with van der Waals surface area (Å²) in [4.78, 5) is 18.6. The van der Waals surface area contributed by atoms with E-state index in [1.54, 1.807) is 0 Å². The zero-order valence-electron chi connectivity index (χ0n) is 27.6. The van der Waals surface area contributed by atoms with Gasteiger partial charge in [0.1, 0.15) is 0 Å². The van der Waals surface area contributed by atoms with Crippen LogP contribution in [0.1, 0.15) is 22.3 Å². The minimum absolute atomic E-state index is 0.545. The fraction of sp³-hybridized carbons (Fsp3) is 0.0213. The molecule has 0 amide bonds.